The molecule has 4 saturated carbocycles. The van der Waals surface area contributed by atoms with Crippen LogP contribution in [0.4, 0.5) is 0 Å². The standard InChI is InChI=1S/C33H54N2O4/c1-31-22-24(21-30(34)39-20-19-37-18-16-35-14-3-4-15-35)5-6-25(31)7-8-27-28(31)9-12-32(2)29(27)10-13-33(32,36)26-11-17-38-23-26/h11,17,23-25,27-30,36H,3-10,12-16,18-22,34H2,1-2H3/t24?,25?,27-,28-,29+,30?,31+,32+,33?/m1/s1. The van der Waals surface area contributed by atoms with Gasteiger partial charge in [0.2, 0.25) is 0 Å². The van der Waals surface area contributed by atoms with Crippen LogP contribution in [-0.2, 0) is 15.1 Å². The molecular weight excluding hydrogens is 488 g/mol. The largest absolute Gasteiger partial charge is 0.472 e. The second-order valence-corrected chi connectivity index (χ2v) is 14.5. The highest BCUT2D eigenvalue weighted by atomic mass is 16.5. The second-order valence-electron chi connectivity index (χ2n) is 14.5. The van der Waals surface area contributed by atoms with Gasteiger partial charge in [-0.25, -0.2) is 0 Å². The van der Waals surface area contributed by atoms with E-state index in [1.54, 1.807) is 12.5 Å². The minimum absolute atomic E-state index is 0.0535. The van der Waals surface area contributed by atoms with Crippen molar-refractivity contribution in [2.45, 2.75) is 103 Å². The van der Waals surface area contributed by atoms with E-state index < -0.39 is 5.60 Å². The third-order valence-electron chi connectivity index (χ3n) is 12.7. The summed E-state index contributed by atoms with van der Waals surface area (Å²) < 4.78 is 17.3. The Morgan fingerprint density at radius 1 is 1.03 bits per heavy atom. The van der Waals surface area contributed by atoms with Crippen LogP contribution in [0.1, 0.15) is 96.5 Å². The Labute approximate surface area is 236 Å². The molecule has 1 aliphatic heterocycles. The third-order valence-corrected chi connectivity index (χ3v) is 12.7. The topological polar surface area (TPSA) is 81.1 Å². The zero-order chi connectivity index (χ0) is 27.1. The molecular formula is C33H54N2O4. The Balaban J connectivity index is 1.02. The molecule has 1 aromatic heterocycles. The fraction of sp³-hybridized carbons (Fsp3) is 0.879. The van der Waals surface area contributed by atoms with Crippen molar-refractivity contribution in [3.63, 3.8) is 0 Å². The Hall–Kier alpha value is -0.920. The number of nitrogens with two attached hydrogens (primary N) is 1. The minimum Gasteiger partial charge on any atom is -0.472 e. The number of hydrogen-bond acceptors (Lipinski definition) is 6. The van der Waals surface area contributed by atoms with E-state index in [0.717, 1.165) is 62.2 Å². The summed E-state index contributed by atoms with van der Waals surface area (Å²) in [6, 6.07) is 2.00. The molecule has 4 unspecified atom stereocenters. The Bertz CT molecular complexity index is 934. The molecule has 1 aromatic rings. The van der Waals surface area contributed by atoms with Crippen LogP contribution in [0.5, 0.6) is 0 Å². The third kappa shape index (κ3) is 5.16. The predicted octanol–water partition coefficient (Wildman–Crippen LogP) is 5.93. The van der Waals surface area contributed by atoms with Gasteiger partial charge in [0, 0.05) is 17.5 Å². The SMILES string of the molecule is C[C@]12CC(CC(N)OCCOCCN3CCCC3)CCC1CC[C@@H]1[C@H]2CC[C@@]2(C)[C@H]1CCC2(O)c1ccoc1. The smallest absolute Gasteiger partial charge is 0.106 e. The Kier molecular flexibility index (Phi) is 8.24. The van der Waals surface area contributed by atoms with Crippen LogP contribution >= 0.6 is 0 Å². The van der Waals surface area contributed by atoms with Crippen molar-refractivity contribution in [2.75, 3.05) is 39.5 Å². The van der Waals surface area contributed by atoms with Crippen molar-refractivity contribution in [1.82, 2.24) is 4.90 Å². The average molecular weight is 543 g/mol. The summed E-state index contributed by atoms with van der Waals surface area (Å²) in [6.07, 6.45) is 18.0. The van der Waals surface area contributed by atoms with Crippen molar-refractivity contribution in [3.05, 3.63) is 24.2 Å². The van der Waals surface area contributed by atoms with Gasteiger partial charge < -0.3 is 29.6 Å². The van der Waals surface area contributed by atoms with E-state index in [9.17, 15) is 5.11 Å². The van der Waals surface area contributed by atoms with E-state index in [4.69, 9.17) is 19.6 Å². The highest BCUT2D eigenvalue weighted by Crippen LogP contribution is 2.70. The fourth-order valence-electron chi connectivity index (χ4n) is 10.6. The van der Waals surface area contributed by atoms with Gasteiger partial charge in [-0.3, -0.25) is 0 Å². The molecule has 0 radical (unpaired) electrons. The molecule has 0 amide bonds. The number of hydrogen-bond donors (Lipinski definition) is 2. The fourth-order valence-corrected chi connectivity index (χ4v) is 10.6. The minimum atomic E-state index is -0.746. The van der Waals surface area contributed by atoms with Crippen molar-refractivity contribution in [1.29, 1.82) is 0 Å². The first-order valence-corrected chi connectivity index (χ1v) is 16.3. The van der Waals surface area contributed by atoms with Gasteiger partial charge in [-0.05, 0) is 131 Å². The molecule has 1 saturated heterocycles. The van der Waals surface area contributed by atoms with Crippen molar-refractivity contribution >= 4 is 0 Å². The van der Waals surface area contributed by atoms with Crippen LogP contribution in [0.15, 0.2) is 23.0 Å². The molecule has 5 fully saturated rings. The summed E-state index contributed by atoms with van der Waals surface area (Å²) in [5, 5.41) is 12.0. The summed E-state index contributed by atoms with van der Waals surface area (Å²) in [5.74, 6) is 3.59. The molecule has 39 heavy (non-hydrogen) atoms. The molecule has 2 heterocycles. The number of likely N-dealkylation sites (tertiary alicyclic amines) is 1. The van der Waals surface area contributed by atoms with Crippen LogP contribution in [-0.4, -0.2) is 55.7 Å². The summed E-state index contributed by atoms with van der Waals surface area (Å²) in [7, 11) is 0. The molecule has 5 aliphatic rings. The molecule has 4 aliphatic carbocycles. The second kappa shape index (κ2) is 11.4. The maximum Gasteiger partial charge on any atom is 0.106 e. The highest BCUT2D eigenvalue weighted by Gasteiger charge is 2.65. The Morgan fingerprint density at radius 3 is 2.62 bits per heavy atom. The normalized spacial score (nSPS) is 43.1. The quantitative estimate of drug-likeness (QED) is 0.282. The van der Waals surface area contributed by atoms with E-state index >= 15 is 0 Å². The van der Waals surface area contributed by atoms with Crippen LogP contribution in [0, 0.1) is 40.4 Å². The zero-order valence-corrected chi connectivity index (χ0v) is 24.6. The van der Waals surface area contributed by atoms with Crippen LogP contribution in [0.2, 0.25) is 0 Å². The highest BCUT2D eigenvalue weighted by molar-refractivity contribution is 5.26. The first-order valence-electron chi connectivity index (χ1n) is 16.3. The van der Waals surface area contributed by atoms with Crippen molar-refractivity contribution < 1.29 is 19.0 Å². The lowest BCUT2D eigenvalue weighted by Crippen LogP contribution is -2.56. The predicted molar refractivity (Wildman–Crippen MR) is 153 cm³/mol. The van der Waals surface area contributed by atoms with Gasteiger partial charge in [0.1, 0.15) is 6.23 Å². The lowest BCUT2D eigenvalue weighted by molar-refractivity contribution is -0.160. The molecule has 0 aromatic carbocycles. The number of furan rings is 1. The van der Waals surface area contributed by atoms with Crippen LogP contribution < -0.4 is 5.73 Å². The van der Waals surface area contributed by atoms with Gasteiger partial charge >= 0.3 is 0 Å². The lowest BCUT2D eigenvalue weighted by atomic mass is 9.43. The van der Waals surface area contributed by atoms with Crippen molar-refractivity contribution in [3.8, 4) is 0 Å². The molecule has 6 rings (SSSR count). The van der Waals surface area contributed by atoms with Gasteiger partial charge in [0.05, 0.1) is 37.9 Å². The first-order chi connectivity index (χ1) is 18.8. The average Bonchev–Trinajstić information content (AvgIpc) is 3.68. The maximum absolute atomic E-state index is 12.0. The van der Waals surface area contributed by atoms with Gasteiger partial charge in [-0.2, -0.15) is 0 Å². The summed E-state index contributed by atoms with van der Waals surface area (Å²) >= 11 is 0. The van der Waals surface area contributed by atoms with Crippen LogP contribution in [0.3, 0.4) is 0 Å². The number of aliphatic hydroxyl groups is 1. The summed E-state index contributed by atoms with van der Waals surface area (Å²) in [5.41, 5.74) is 7.09. The van der Waals surface area contributed by atoms with Gasteiger partial charge in [0.15, 0.2) is 0 Å². The first kappa shape index (κ1) is 28.2. The van der Waals surface area contributed by atoms with E-state index in [0.29, 0.717) is 30.5 Å². The van der Waals surface area contributed by atoms with Gasteiger partial charge in [0.25, 0.3) is 0 Å². The monoisotopic (exact) mass is 542 g/mol. The number of nitrogens with zero attached hydrogens (tertiary/aromatic N) is 1. The number of fused-ring (bicyclic) bond motifs is 5. The molecule has 6 heteroatoms. The van der Waals surface area contributed by atoms with Gasteiger partial charge in [-0.15, -0.1) is 0 Å². The van der Waals surface area contributed by atoms with E-state index in [1.165, 1.54) is 64.5 Å². The molecule has 0 spiro atoms. The lowest BCUT2D eigenvalue weighted by Gasteiger charge is -2.62. The summed E-state index contributed by atoms with van der Waals surface area (Å²) in [4.78, 5) is 2.48. The van der Waals surface area contributed by atoms with Crippen molar-refractivity contribution in [2.24, 2.45) is 46.2 Å². The number of rotatable bonds is 10. The Morgan fingerprint density at radius 2 is 1.82 bits per heavy atom. The summed E-state index contributed by atoms with van der Waals surface area (Å²) in [6.45, 7) is 10.5. The van der Waals surface area contributed by atoms with E-state index in [2.05, 4.69) is 18.7 Å². The van der Waals surface area contributed by atoms with E-state index in [-0.39, 0.29) is 11.6 Å². The maximum atomic E-state index is 12.0. The molecule has 0 bridgehead atoms. The zero-order valence-electron chi connectivity index (χ0n) is 24.6. The molecule has 220 valence electrons. The van der Waals surface area contributed by atoms with E-state index in [1.807, 2.05) is 6.07 Å². The number of ether oxygens (including phenoxy) is 2. The van der Waals surface area contributed by atoms with Gasteiger partial charge in [-0.1, -0.05) is 13.8 Å². The van der Waals surface area contributed by atoms with Crippen LogP contribution in [0.25, 0.3) is 0 Å². The molecule has 3 N–H and O–H groups in total. The molecule has 9 atom stereocenters. The molecule has 6 nitrogen and oxygen atoms in total.